The molecule has 1 aliphatic carbocycles. The van der Waals surface area contributed by atoms with Crippen LogP contribution in [0.15, 0.2) is 35.7 Å². The predicted octanol–water partition coefficient (Wildman–Crippen LogP) is 4.23. The molecule has 94 valence electrons. The minimum atomic E-state index is -0.113. The molecule has 0 saturated heterocycles. The van der Waals surface area contributed by atoms with Crippen molar-refractivity contribution in [2.45, 2.75) is 31.3 Å². The summed E-state index contributed by atoms with van der Waals surface area (Å²) in [6, 6.07) is 10.3. The SMILES string of the molecule is COC1(c2nc(-c3ccccc3)cs2)CCCC1. The summed E-state index contributed by atoms with van der Waals surface area (Å²) in [5, 5.41) is 3.28. The van der Waals surface area contributed by atoms with Crippen molar-refractivity contribution in [3.63, 3.8) is 0 Å². The molecule has 0 radical (unpaired) electrons. The molecule has 0 unspecified atom stereocenters. The van der Waals surface area contributed by atoms with Gasteiger partial charge in [0.15, 0.2) is 0 Å². The number of aromatic nitrogens is 1. The average molecular weight is 259 g/mol. The van der Waals surface area contributed by atoms with E-state index in [0.29, 0.717) is 0 Å². The summed E-state index contributed by atoms with van der Waals surface area (Å²) in [6.07, 6.45) is 4.69. The molecule has 1 aliphatic rings. The van der Waals surface area contributed by atoms with Crippen LogP contribution in [0, 0.1) is 0 Å². The summed E-state index contributed by atoms with van der Waals surface area (Å²) in [5.41, 5.74) is 2.14. The Morgan fingerprint density at radius 1 is 1.17 bits per heavy atom. The Morgan fingerprint density at radius 2 is 1.89 bits per heavy atom. The zero-order valence-corrected chi connectivity index (χ0v) is 11.4. The van der Waals surface area contributed by atoms with E-state index in [2.05, 4.69) is 29.6 Å². The van der Waals surface area contributed by atoms with E-state index in [1.807, 2.05) is 13.2 Å². The zero-order valence-electron chi connectivity index (χ0n) is 10.6. The molecule has 2 nitrogen and oxygen atoms in total. The van der Waals surface area contributed by atoms with Gasteiger partial charge in [-0.25, -0.2) is 4.98 Å². The van der Waals surface area contributed by atoms with Gasteiger partial charge < -0.3 is 4.74 Å². The van der Waals surface area contributed by atoms with E-state index in [1.54, 1.807) is 11.3 Å². The molecule has 1 heterocycles. The first-order chi connectivity index (χ1) is 8.84. The van der Waals surface area contributed by atoms with Gasteiger partial charge in [-0.15, -0.1) is 11.3 Å². The number of thiazole rings is 1. The van der Waals surface area contributed by atoms with Crippen LogP contribution in [0.2, 0.25) is 0 Å². The highest BCUT2D eigenvalue weighted by Crippen LogP contribution is 2.43. The quantitative estimate of drug-likeness (QED) is 0.823. The molecule has 1 aromatic heterocycles. The molecule has 3 heteroatoms. The molecule has 1 aromatic carbocycles. The van der Waals surface area contributed by atoms with Crippen LogP contribution in [0.3, 0.4) is 0 Å². The van der Waals surface area contributed by atoms with Gasteiger partial charge in [0.1, 0.15) is 10.6 Å². The summed E-state index contributed by atoms with van der Waals surface area (Å²) >= 11 is 1.73. The Balaban J connectivity index is 1.94. The molecule has 1 fully saturated rings. The van der Waals surface area contributed by atoms with Crippen LogP contribution < -0.4 is 0 Å². The van der Waals surface area contributed by atoms with Crippen molar-refractivity contribution >= 4 is 11.3 Å². The van der Waals surface area contributed by atoms with E-state index in [0.717, 1.165) is 23.5 Å². The van der Waals surface area contributed by atoms with Crippen molar-refractivity contribution < 1.29 is 4.74 Å². The molecule has 0 N–H and O–H groups in total. The van der Waals surface area contributed by atoms with E-state index < -0.39 is 0 Å². The maximum absolute atomic E-state index is 5.78. The lowest BCUT2D eigenvalue weighted by Crippen LogP contribution is -2.24. The van der Waals surface area contributed by atoms with Crippen molar-refractivity contribution in [2.75, 3.05) is 7.11 Å². The molecule has 0 bridgehead atoms. The molecule has 0 aliphatic heterocycles. The smallest absolute Gasteiger partial charge is 0.125 e. The Morgan fingerprint density at radius 3 is 2.56 bits per heavy atom. The first kappa shape index (κ1) is 11.9. The molecule has 0 atom stereocenters. The molecular formula is C15H17NOS. The molecule has 1 saturated carbocycles. The van der Waals surface area contributed by atoms with Crippen LogP contribution in [-0.2, 0) is 10.3 Å². The van der Waals surface area contributed by atoms with Crippen LogP contribution in [0.5, 0.6) is 0 Å². The van der Waals surface area contributed by atoms with Crippen LogP contribution in [0.4, 0.5) is 0 Å². The summed E-state index contributed by atoms with van der Waals surface area (Å²) in [7, 11) is 1.81. The number of ether oxygens (including phenoxy) is 1. The van der Waals surface area contributed by atoms with Gasteiger partial charge in [-0.2, -0.15) is 0 Å². The van der Waals surface area contributed by atoms with Crippen molar-refractivity contribution in [2.24, 2.45) is 0 Å². The third-order valence-corrected chi connectivity index (χ3v) is 4.79. The van der Waals surface area contributed by atoms with Crippen molar-refractivity contribution in [1.82, 2.24) is 4.98 Å². The number of nitrogens with zero attached hydrogens (tertiary/aromatic N) is 1. The maximum atomic E-state index is 5.78. The molecule has 0 amide bonds. The Hall–Kier alpha value is -1.19. The van der Waals surface area contributed by atoms with Gasteiger partial charge in [0.05, 0.1) is 5.69 Å². The number of rotatable bonds is 3. The summed E-state index contributed by atoms with van der Waals surface area (Å²) in [6.45, 7) is 0. The highest BCUT2D eigenvalue weighted by Gasteiger charge is 2.38. The Labute approximate surface area is 112 Å². The van der Waals surface area contributed by atoms with E-state index in [-0.39, 0.29) is 5.60 Å². The highest BCUT2D eigenvalue weighted by molar-refractivity contribution is 7.10. The number of hydrogen-bond donors (Lipinski definition) is 0. The average Bonchev–Trinajstić information content (AvgIpc) is 3.09. The summed E-state index contributed by atoms with van der Waals surface area (Å²) in [5.74, 6) is 0. The van der Waals surface area contributed by atoms with Gasteiger partial charge in [0.2, 0.25) is 0 Å². The van der Waals surface area contributed by atoms with Gasteiger partial charge in [0.25, 0.3) is 0 Å². The normalized spacial score (nSPS) is 18.1. The third-order valence-electron chi connectivity index (χ3n) is 3.77. The summed E-state index contributed by atoms with van der Waals surface area (Å²) < 4.78 is 5.78. The minimum Gasteiger partial charge on any atom is -0.371 e. The second kappa shape index (κ2) is 4.82. The lowest BCUT2D eigenvalue weighted by atomic mass is 10.0. The molecular weight excluding hydrogens is 242 g/mol. The van der Waals surface area contributed by atoms with Crippen LogP contribution in [0.1, 0.15) is 30.7 Å². The molecule has 0 spiro atoms. The van der Waals surface area contributed by atoms with Gasteiger partial charge in [-0.05, 0) is 12.8 Å². The number of methoxy groups -OCH3 is 1. The van der Waals surface area contributed by atoms with Gasteiger partial charge in [0, 0.05) is 18.1 Å². The van der Waals surface area contributed by atoms with E-state index in [1.165, 1.54) is 18.4 Å². The van der Waals surface area contributed by atoms with Crippen molar-refractivity contribution in [1.29, 1.82) is 0 Å². The Kier molecular flexibility index (Phi) is 3.18. The lowest BCUT2D eigenvalue weighted by molar-refractivity contribution is -0.00879. The second-order valence-corrected chi connectivity index (χ2v) is 5.67. The van der Waals surface area contributed by atoms with E-state index >= 15 is 0 Å². The van der Waals surface area contributed by atoms with Gasteiger partial charge in [-0.1, -0.05) is 43.2 Å². The molecule has 18 heavy (non-hydrogen) atoms. The second-order valence-electron chi connectivity index (χ2n) is 4.81. The van der Waals surface area contributed by atoms with E-state index in [9.17, 15) is 0 Å². The first-order valence-electron chi connectivity index (χ1n) is 6.41. The predicted molar refractivity (Wildman–Crippen MR) is 74.7 cm³/mol. The number of hydrogen-bond acceptors (Lipinski definition) is 3. The maximum Gasteiger partial charge on any atom is 0.125 e. The monoisotopic (exact) mass is 259 g/mol. The fourth-order valence-corrected chi connectivity index (χ4v) is 3.74. The fourth-order valence-electron chi connectivity index (χ4n) is 2.68. The standard InChI is InChI=1S/C15H17NOS/c1-17-15(9-5-6-10-15)14-16-13(11-18-14)12-7-3-2-4-8-12/h2-4,7-8,11H,5-6,9-10H2,1H3. The topological polar surface area (TPSA) is 22.1 Å². The molecule has 2 aromatic rings. The van der Waals surface area contributed by atoms with E-state index in [4.69, 9.17) is 9.72 Å². The van der Waals surface area contributed by atoms with Crippen molar-refractivity contribution in [3.8, 4) is 11.3 Å². The fraction of sp³-hybridized carbons (Fsp3) is 0.400. The summed E-state index contributed by atoms with van der Waals surface area (Å²) in [4.78, 5) is 4.80. The van der Waals surface area contributed by atoms with Gasteiger partial charge >= 0.3 is 0 Å². The van der Waals surface area contributed by atoms with Crippen LogP contribution >= 0.6 is 11.3 Å². The Bertz CT molecular complexity index is 514. The van der Waals surface area contributed by atoms with Crippen LogP contribution in [0.25, 0.3) is 11.3 Å². The largest absolute Gasteiger partial charge is 0.371 e. The van der Waals surface area contributed by atoms with Crippen molar-refractivity contribution in [3.05, 3.63) is 40.7 Å². The number of benzene rings is 1. The minimum absolute atomic E-state index is 0.113. The highest BCUT2D eigenvalue weighted by atomic mass is 32.1. The lowest BCUT2D eigenvalue weighted by Gasteiger charge is -2.24. The van der Waals surface area contributed by atoms with Crippen LogP contribution in [-0.4, -0.2) is 12.1 Å². The third kappa shape index (κ3) is 1.98. The molecule has 3 rings (SSSR count). The zero-order chi connectivity index (χ0) is 12.4. The first-order valence-corrected chi connectivity index (χ1v) is 7.29. The van der Waals surface area contributed by atoms with Gasteiger partial charge in [-0.3, -0.25) is 0 Å².